The molecule has 0 saturated heterocycles. The highest BCUT2D eigenvalue weighted by Gasteiger charge is 2.43. The number of hydrazone groups is 1. The lowest BCUT2D eigenvalue weighted by Crippen LogP contribution is -2.34. The van der Waals surface area contributed by atoms with Crippen LogP contribution in [0.2, 0.25) is 0 Å². The van der Waals surface area contributed by atoms with E-state index in [-0.39, 0.29) is 6.04 Å². The summed E-state index contributed by atoms with van der Waals surface area (Å²) in [6.07, 6.45) is 0.327. The third-order valence-electron chi connectivity index (χ3n) is 5.51. The van der Waals surface area contributed by atoms with Gasteiger partial charge in [0.05, 0.1) is 43.5 Å². The highest BCUT2D eigenvalue weighted by atomic mass is 32.1. The Morgan fingerprint density at radius 1 is 0.967 bits per heavy atom. The van der Waals surface area contributed by atoms with E-state index >= 15 is 0 Å². The molecular weight excluding hydrogens is 400 g/mol. The smallest absolute Gasteiger partial charge is 0.217 e. The van der Waals surface area contributed by atoms with E-state index in [9.17, 15) is 0 Å². The zero-order valence-electron chi connectivity index (χ0n) is 17.0. The van der Waals surface area contributed by atoms with Crippen molar-refractivity contribution in [1.29, 1.82) is 0 Å². The van der Waals surface area contributed by atoms with Gasteiger partial charge in [0.1, 0.15) is 11.5 Å². The van der Waals surface area contributed by atoms with E-state index in [2.05, 4.69) is 23.6 Å². The van der Waals surface area contributed by atoms with Gasteiger partial charge in [0, 0.05) is 12.0 Å². The Balaban J connectivity index is 1.67. The largest absolute Gasteiger partial charge is 0.497 e. The maximum absolute atomic E-state index is 6.52. The first kappa shape index (κ1) is 18.8. The zero-order chi connectivity index (χ0) is 20.7. The quantitative estimate of drug-likeness (QED) is 0.578. The number of hydrogen-bond acceptors (Lipinski definition) is 7. The van der Waals surface area contributed by atoms with Gasteiger partial charge in [-0.3, -0.25) is 0 Å². The molecule has 154 valence electrons. The molecule has 1 aromatic heterocycles. The molecule has 2 atom stereocenters. The molecule has 3 heterocycles. The van der Waals surface area contributed by atoms with Gasteiger partial charge in [-0.15, -0.1) is 11.3 Å². The molecule has 30 heavy (non-hydrogen) atoms. The number of rotatable bonds is 5. The number of fused-ring (bicyclic) bond motifs is 3. The Hall–Kier alpha value is -3.19. The van der Waals surface area contributed by atoms with E-state index in [1.807, 2.05) is 35.3 Å². The molecule has 2 aromatic carbocycles. The molecule has 0 aliphatic carbocycles. The number of para-hydroxylation sites is 1. The first-order chi connectivity index (χ1) is 14.7. The van der Waals surface area contributed by atoms with E-state index in [4.69, 9.17) is 24.0 Å². The van der Waals surface area contributed by atoms with Crippen LogP contribution < -0.4 is 18.9 Å². The Labute approximate surface area is 179 Å². The molecule has 0 saturated carbocycles. The molecule has 0 bridgehead atoms. The standard InChI is InChI=1S/C23H22N2O4S/c1-26-14-9-10-19(27-2)16(12-14)23-25-18(13-17(24-25)21-8-5-11-30-21)15-6-4-7-20(28-3)22(15)29-23/h4-12,18,23H,13H2,1-3H3/t18-,23-/m0/s1. The molecule has 0 radical (unpaired) electrons. The SMILES string of the molecule is COc1ccc(OC)c([C@@H]2Oc3c(OC)cccc3[C@@H]3CC(c4cccs4)=NN32)c1. The van der Waals surface area contributed by atoms with Crippen molar-refractivity contribution in [1.82, 2.24) is 5.01 Å². The van der Waals surface area contributed by atoms with E-state index in [0.717, 1.165) is 40.5 Å². The first-order valence-corrected chi connectivity index (χ1v) is 10.6. The van der Waals surface area contributed by atoms with Crippen LogP contribution in [0, 0.1) is 0 Å². The van der Waals surface area contributed by atoms with Crippen molar-refractivity contribution < 1.29 is 18.9 Å². The van der Waals surface area contributed by atoms with Crippen molar-refractivity contribution in [3.8, 4) is 23.0 Å². The molecule has 3 aromatic rings. The number of thiophene rings is 1. The van der Waals surface area contributed by atoms with Crippen molar-refractivity contribution in [2.75, 3.05) is 21.3 Å². The lowest BCUT2D eigenvalue weighted by molar-refractivity contribution is -0.0223. The van der Waals surface area contributed by atoms with Crippen LogP contribution in [0.3, 0.4) is 0 Å². The van der Waals surface area contributed by atoms with E-state index in [0.29, 0.717) is 5.75 Å². The van der Waals surface area contributed by atoms with Gasteiger partial charge in [-0.1, -0.05) is 18.2 Å². The van der Waals surface area contributed by atoms with E-state index in [1.54, 1.807) is 32.7 Å². The van der Waals surface area contributed by atoms with Crippen molar-refractivity contribution in [2.45, 2.75) is 18.7 Å². The summed E-state index contributed by atoms with van der Waals surface area (Å²) in [4.78, 5) is 1.17. The average Bonchev–Trinajstić information content (AvgIpc) is 3.47. The summed E-state index contributed by atoms with van der Waals surface area (Å²) < 4.78 is 23.2. The third-order valence-corrected chi connectivity index (χ3v) is 6.43. The van der Waals surface area contributed by atoms with Gasteiger partial charge in [0.2, 0.25) is 6.23 Å². The maximum Gasteiger partial charge on any atom is 0.217 e. The number of benzene rings is 2. The Bertz CT molecular complexity index is 1100. The molecule has 0 N–H and O–H groups in total. The summed E-state index contributed by atoms with van der Waals surface area (Å²) in [7, 11) is 4.97. The van der Waals surface area contributed by atoms with Crippen LogP contribution in [0.15, 0.2) is 59.0 Å². The Morgan fingerprint density at radius 2 is 1.83 bits per heavy atom. The van der Waals surface area contributed by atoms with Crippen molar-refractivity contribution in [2.24, 2.45) is 5.10 Å². The van der Waals surface area contributed by atoms with Gasteiger partial charge in [-0.2, -0.15) is 5.10 Å². The Kier molecular flexibility index (Phi) is 4.75. The minimum Gasteiger partial charge on any atom is -0.497 e. The van der Waals surface area contributed by atoms with Gasteiger partial charge in [0.15, 0.2) is 11.5 Å². The predicted molar refractivity (Wildman–Crippen MR) is 116 cm³/mol. The second kappa shape index (κ2) is 7.57. The van der Waals surface area contributed by atoms with E-state index < -0.39 is 6.23 Å². The zero-order valence-corrected chi connectivity index (χ0v) is 17.8. The summed E-state index contributed by atoms with van der Waals surface area (Å²) in [5.41, 5.74) is 2.98. The van der Waals surface area contributed by atoms with Gasteiger partial charge in [-0.05, 0) is 35.7 Å². The van der Waals surface area contributed by atoms with Crippen molar-refractivity contribution in [3.05, 3.63) is 69.9 Å². The summed E-state index contributed by atoms with van der Waals surface area (Å²) in [5, 5.41) is 9.10. The maximum atomic E-state index is 6.52. The molecule has 0 amide bonds. The van der Waals surface area contributed by atoms with E-state index in [1.165, 1.54) is 4.88 Å². The topological polar surface area (TPSA) is 52.5 Å². The van der Waals surface area contributed by atoms with Crippen LogP contribution >= 0.6 is 11.3 Å². The van der Waals surface area contributed by atoms with Crippen LogP contribution in [0.5, 0.6) is 23.0 Å². The molecular formula is C23H22N2O4S. The molecule has 2 aliphatic rings. The lowest BCUT2D eigenvalue weighted by atomic mass is 9.97. The lowest BCUT2D eigenvalue weighted by Gasteiger charge is -2.39. The highest BCUT2D eigenvalue weighted by molar-refractivity contribution is 7.12. The monoisotopic (exact) mass is 422 g/mol. The van der Waals surface area contributed by atoms with Crippen molar-refractivity contribution >= 4 is 17.0 Å². The highest BCUT2D eigenvalue weighted by Crippen LogP contribution is 2.52. The van der Waals surface area contributed by atoms with Gasteiger partial charge in [0.25, 0.3) is 0 Å². The summed E-state index contributed by atoms with van der Waals surface area (Å²) in [6, 6.07) is 15.9. The third kappa shape index (κ3) is 2.97. The molecule has 0 spiro atoms. The fraction of sp³-hybridized carbons (Fsp3) is 0.261. The van der Waals surface area contributed by atoms with Gasteiger partial charge in [-0.25, -0.2) is 5.01 Å². The van der Waals surface area contributed by atoms with Gasteiger partial charge < -0.3 is 18.9 Å². The number of ether oxygens (including phenoxy) is 4. The van der Waals surface area contributed by atoms with Crippen LogP contribution in [0.25, 0.3) is 0 Å². The fourth-order valence-electron chi connectivity index (χ4n) is 4.07. The molecule has 6 nitrogen and oxygen atoms in total. The summed E-state index contributed by atoms with van der Waals surface area (Å²) in [6.45, 7) is 0. The number of hydrogen-bond donors (Lipinski definition) is 0. The minimum atomic E-state index is -0.471. The van der Waals surface area contributed by atoms with Gasteiger partial charge >= 0.3 is 0 Å². The fourth-order valence-corrected chi connectivity index (χ4v) is 4.79. The normalized spacial score (nSPS) is 19.4. The van der Waals surface area contributed by atoms with Crippen LogP contribution in [-0.4, -0.2) is 32.0 Å². The summed E-state index contributed by atoms with van der Waals surface area (Å²) in [5.74, 6) is 2.92. The number of methoxy groups -OCH3 is 3. The number of nitrogens with zero attached hydrogens (tertiary/aromatic N) is 2. The molecule has 7 heteroatoms. The van der Waals surface area contributed by atoms with Crippen LogP contribution in [0.1, 0.15) is 34.7 Å². The predicted octanol–water partition coefficient (Wildman–Crippen LogP) is 5.02. The molecule has 2 aliphatic heterocycles. The molecule has 0 fully saturated rings. The summed E-state index contributed by atoms with van der Waals surface area (Å²) >= 11 is 1.70. The van der Waals surface area contributed by atoms with Crippen LogP contribution in [-0.2, 0) is 0 Å². The van der Waals surface area contributed by atoms with Crippen molar-refractivity contribution in [3.63, 3.8) is 0 Å². The second-order valence-corrected chi connectivity index (χ2v) is 8.03. The second-order valence-electron chi connectivity index (χ2n) is 7.08. The molecule has 0 unspecified atom stereocenters. The van der Waals surface area contributed by atoms with Crippen LogP contribution in [0.4, 0.5) is 0 Å². The average molecular weight is 423 g/mol. The Morgan fingerprint density at radius 3 is 2.57 bits per heavy atom. The first-order valence-electron chi connectivity index (χ1n) is 9.68. The molecule has 5 rings (SSSR count). The minimum absolute atomic E-state index is 0.0434.